The van der Waals surface area contributed by atoms with E-state index in [0.717, 1.165) is 6.26 Å². The highest BCUT2D eigenvalue weighted by Crippen LogP contribution is 2.32. The summed E-state index contributed by atoms with van der Waals surface area (Å²) in [4.78, 5) is 0. The Kier molecular flexibility index (Phi) is 3.15. The van der Waals surface area contributed by atoms with Crippen LogP contribution in [0.3, 0.4) is 0 Å². The quantitative estimate of drug-likeness (QED) is 0.785. The van der Waals surface area contributed by atoms with Gasteiger partial charge < -0.3 is 9.84 Å². The molecule has 0 atom stereocenters. The van der Waals surface area contributed by atoms with Gasteiger partial charge in [-0.25, -0.2) is 8.42 Å². The van der Waals surface area contributed by atoms with E-state index in [2.05, 4.69) is 4.72 Å². The smallest absolute Gasteiger partial charge is 0.229 e. The molecule has 0 aliphatic heterocycles. The van der Waals surface area contributed by atoms with Crippen LogP contribution in [-0.2, 0) is 10.0 Å². The van der Waals surface area contributed by atoms with Crippen molar-refractivity contribution in [2.45, 2.75) is 12.8 Å². The summed E-state index contributed by atoms with van der Waals surface area (Å²) in [5, 5.41) is 9.51. The van der Waals surface area contributed by atoms with E-state index in [-0.39, 0.29) is 11.4 Å². The largest absolute Gasteiger partial charge is 0.506 e. The fourth-order valence-corrected chi connectivity index (χ4v) is 1.95. The first-order chi connectivity index (χ1) is 7.94. The van der Waals surface area contributed by atoms with Crippen molar-refractivity contribution in [1.29, 1.82) is 0 Å². The van der Waals surface area contributed by atoms with E-state index in [1.54, 1.807) is 6.07 Å². The van der Waals surface area contributed by atoms with E-state index in [1.165, 1.54) is 25.0 Å². The van der Waals surface area contributed by atoms with Crippen molar-refractivity contribution in [1.82, 2.24) is 0 Å². The van der Waals surface area contributed by atoms with Crippen LogP contribution in [0.5, 0.6) is 11.5 Å². The standard InChI is InChI=1S/C11H15NO4S/c1-17(14,15)12-10-6-9(4-5-11(10)13)16-7-8-2-3-8/h4-6,8,12-13H,2-3,7H2,1H3. The highest BCUT2D eigenvalue weighted by Gasteiger charge is 2.22. The maximum atomic E-state index is 11.1. The number of phenols is 1. The fourth-order valence-electron chi connectivity index (χ4n) is 1.39. The summed E-state index contributed by atoms with van der Waals surface area (Å²) in [6.07, 6.45) is 3.41. The van der Waals surface area contributed by atoms with Crippen LogP contribution < -0.4 is 9.46 Å². The predicted octanol–water partition coefficient (Wildman–Crippen LogP) is 1.55. The van der Waals surface area contributed by atoms with Gasteiger partial charge in [-0.2, -0.15) is 0 Å². The molecule has 0 saturated heterocycles. The summed E-state index contributed by atoms with van der Waals surface area (Å²) in [5.74, 6) is 1.06. The molecule has 0 radical (unpaired) electrons. The number of phenolic OH excluding ortho intramolecular Hbond substituents is 1. The number of benzene rings is 1. The first-order valence-electron chi connectivity index (χ1n) is 5.37. The normalized spacial score (nSPS) is 15.6. The van der Waals surface area contributed by atoms with Gasteiger partial charge >= 0.3 is 0 Å². The SMILES string of the molecule is CS(=O)(=O)Nc1cc(OCC2CC2)ccc1O. The van der Waals surface area contributed by atoms with Gasteiger partial charge in [0.15, 0.2) is 0 Å². The molecule has 1 aliphatic rings. The van der Waals surface area contributed by atoms with E-state index >= 15 is 0 Å². The molecule has 1 saturated carbocycles. The topological polar surface area (TPSA) is 75.6 Å². The molecule has 2 rings (SSSR count). The molecule has 1 aliphatic carbocycles. The Morgan fingerprint density at radius 3 is 2.76 bits per heavy atom. The number of rotatable bonds is 5. The summed E-state index contributed by atoms with van der Waals surface area (Å²) in [6, 6.07) is 4.51. The summed E-state index contributed by atoms with van der Waals surface area (Å²) in [6.45, 7) is 0.642. The molecule has 0 unspecified atom stereocenters. The van der Waals surface area contributed by atoms with Gasteiger partial charge in [0.25, 0.3) is 0 Å². The van der Waals surface area contributed by atoms with Crippen LogP contribution in [0.25, 0.3) is 0 Å². The Morgan fingerprint density at radius 1 is 1.47 bits per heavy atom. The van der Waals surface area contributed by atoms with Gasteiger partial charge in [-0.3, -0.25) is 4.72 Å². The molecular weight excluding hydrogens is 242 g/mol. The molecule has 0 heterocycles. The highest BCUT2D eigenvalue weighted by molar-refractivity contribution is 7.92. The molecule has 0 spiro atoms. The Morgan fingerprint density at radius 2 is 2.18 bits per heavy atom. The lowest BCUT2D eigenvalue weighted by Crippen LogP contribution is -2.10. The van der Waals surface area contributed by atoms with Crippen LogP contribution in [-0.4, -0.2) is 26.4 Å². The third-order valence-corrected chi connectivity index (χ3v) is 3.04. The van der Waals surface area contributed by atoms with Gasteiger partial charge in [-0.1, -0.05) is 0 Å². The van der Waals surface area contributed by atoms with Crippen molar-refractivity contribution >= 4 is 15.7 Å². The highest BCUT2D eigenvalue weighted by atomic mass is 32.2. The minimum atomic E-state index is -3.40. The molecule has 17 heavy (non-hydrogen) atoms. The molecule has 94 valence electrons. The second kappa shape index (κ2) is 4.44. The van der Waals surface area contributed by atoms with Crippen molar-refractivity contribution in [2.75, 3.05) is 17.6 Å². The Hall–Kier alpha value is -1.43. The van der Waals surface area contributed by atoms with Gasteiger partial charge in [0.1, 0.15) is 11.5 Å². The minimum absolute atomic E-state index is 0.116. The van der Waals surface area contributed by atoms with E-state index in [0.29, 0.717) is 18.3 Å². The number of hydrogen-bond acceptors (Lipinski definition) is 4. The second-order valence-electron chi connectivity index (χ2n) is 4.31. The molecule has 1 aromatic rings. The number of anilines is 1. The van der Waals surface area contributed by atoms with Crippen molar-refractivity contribution in [3.05, 3.63) is 18.2 Å². The van der Waals surface area contributed by atoms with Crippen LogP contribution in [0, 0.1) is 5.92 Å². The molecule has 5 nitrogen and oxygen atoms in total. The van der Waals surface area contributed by atoms with Crippen molar-refractivity contribution in [2.24, 2.45) is 5.92 Å². The molecular formula is C11H15NO4S. The van der Waals surface area contributed by atoms with Crippen LogP contribution in [0.15, 0.2) is 18.2 Å². The first kappa shape index (κ1) is 12.0. The zero-order valence-electron chi connectivity index (χ0n) is 9.51. The van der Waals surface area contributed by atoms with E-state index in [1.807, 2.05) is 0 Å². The summed E-state index contributed by atoms with van der Waals surface area (Å²) >= 11 is 0. The molecule has 1 fully saturated rings. The van der Waals surface area contributed by atoms with Crippen molar-refractivity contribution < 1.29 is 18.3 Å². The zero-order chi connectivity index (χ0) is 12.5. The summed E-state index contributed by atoms with van der Waals surface area (Å²) < 4.78 is 29.9. The molecule has 0 bridgehead atoms. The maximum absolute atomic E-state index is 11.1. The van der Waals surface area contributed by atoms with Crippen LogP contribution in [0.2, 0.25) is 0 Å². The lowest BCUT2D eigenvalue weighted by Gasteiger charge is -2.10. The van der Waals surface area contributed by atoms with E-state index in [4.69, 9.17) is 4.74 Å². The molecule has 0 aromatic heterocycles. The Balaban J connectivity index is 2.10. The van der Waals surface area contributed by atoms with Gasteiger partial charge in [0.05, 0.1) is 18.6 Å². The third kappa shape index (κ3) is 3.81. The number of ether oxygens (including phenoxy) is 1. The lowest BCUT2D eigenvalue weighted by atomic mass is 10.3. The van der Waals surface area contributed by atoms with Gasteiger partial charge in [0, 0.05) is 6.07 Å². The number of aromatic hydroxyl groups is 1. The second-order valence-corrected chi connectivity index (χ2v) is 6.06. The lowest BCUT2D eigenvalue weighted by molar-refractivity contribution is 0.299. The first-order valence-corrected chi connectivity index (χ1v) is 7.27. The molecule has 6 heteroatoms. The maximum Gasteiger partial charge on any atom is 0.229 e. The number of nitrogens with one attached hydrogen (secondary N) is 1. The minimum Gasteiger partial charge on any atom is -0.506 e. The average molecular weight is 257 g/mol. The van der Waals surface area contributed by atoms with Crippen molar-refractivity contribution in [3.63, 3.8) is 0 Å². The average Bonchev–Trinajstić information content (AvgIpc) is 3.01. The summed E-state index contributed by atoms with van der Waals surface area (Å²) in [7, 11) is -3.40. The zero-order valence-corrected chi connectivity index (χ0v) is 10.3. The Labute approximate surface area is 100 Å². The van der Waals surface area contributed by atoms with E-state index < -0.39 is 10.0 Å². The summed E-state index contributed by atoms with van der Waals surface area (Å²) in [5.41, 5.74) is 0.140. The molecule has 0 amide bonds. The molecule has 1 aromatic carbocycles. The van der Waals surface area contributed by atoms with E-state index in [9.17, 15) is 13.5 Å². The predicted molar refractivity (Wildman–Crippen MR) is 64.8 cm³/mol. The van der Waals surface area contributed by atoms with Crippen LogP contribution in [0.1, 0.15) is 12.8 Å². The number of hydrogen-bond donors (Lipinski definition) is 2. The van der Waals surface area contributed by atoms with Crippen LogP contribution >= 0.6 is 0 Å². The van der Waals surface area contributed by atoms with Gasteiger partial charge in [-0.05, 0) is 30.9 Å². The Bertz CT molecular complexity index is 508. The third-order valence-electron chi connectivity index (χ3n) is 2.45. The monoisotopic (exact) mass is 257 g/mol. The van der Waals surface area contributed by atoms with Crippen LogP contribution in [0.4, 0.5) is 5.69 Å². The van der Waals surface area contributed by atoms with Gasteiger partial charge in [-0.15, -0.1) is 0 Å². The number of sulfonamides is 1. The molecule has 2 N–H and O–H groups in total. The fraction of sp³-hybridized carbons (Fsp3) is 0.455. The van der Waals surface area contributed by atoms with Gasteiger partial charge in [0.2, 0.25) is 10.0 Å². The van der Waals surface area contributed by atoms with Crippen molar-refractivity contribution in [3.8, 4) is 11.5 Å².